The van der Waals surface area contributed by atoms with Gasteiger partial charge in [-0.1, -0.05) is 0 Å². The second-order valence-electron chi connectivity index (χ2n) is 2.78. The highest BCUT2D eigenvalue weighted by Crippen LogP contribution is 2.08. The van der Waals surface area contributed by atoms with Crippen molar-refractivity contribution in [2.45, 2.75) is 6.42 Å². The Labute approximate surface area is 79.1 Å². The van der Waals surface area contributed by atoms with Crippen LogP contribution in [-0.2, 0) is 6.42 Å². The molecule has 0 unspecified atom stereocenters. The summed E-state index contributed by atoms with van der Waals surface area (Å²) in [7, 11) is -1.92. The number of hydrogen-bond donors (Lipinski definition) is 2. The zero-order valence-corrected chi connectivity index (χ0v) is 7.17. The molecular formula is C8H8BF3O2. The molecule has 0 fully saturated rings. The van der Waals surface area contributed by atoms with Gasteiger partial charge in [0, 0.05) is 6.42 Å². The van der Waals surface area contributed by atoms with Gasteiger partial charge in [-0.25, -0.2) is 8.78 Å². The third-order valence-corrected chi connectivity index (χ3v) is 1.82. The Kier molecular flexibility index (Phi) is 3.54. The Hall–Kier alpha value is -1.01. The van der Waals surface area contributed by atoms with Crippen molar-refractivity contribution in [1.29, 1.82) is 0 Å². The molecule has 0 aliphatic heterocycles. The molecule has 0 saturated heterocycles. The highest BCUT2D eigenvalue weighted by Gasteiger charge is 2.18. The maximum absolute atomic E-state index is 12.7. The van der Waals surface area contributed by atoms with Crippen LogP contribution in [0.25, 0.3) is 0 Å². The molecule has 0 atom stereocenters. The van der Waals surface area contributed by atoms with Gasteiger partial charge in [-0.3, -0.25) is 4.39 Å². The van der Waals surface area contributed by atoms with E-state index >= 15 is 0 Å². The van der Waals surface area contributed by atoms with Crippen LogP contribution in [0.1, 0.15) is 5.56 Å². The van der Waals surface area contributed by atoms with Gasteiger partial charge in [-0.2, -0.15) is 0 Å². The van der Waals surface area contributed by atoms with E-state index < -0.39 is 25.4 Å². The Balaban J connectivity index is 3.17. The first-order valence-corrected chi connectivity index (χ1v) is 3.96. The summed E-state index contributed by atoms with van der Waals surface area (Å²) in [5.74, 6) is -2.31. The van der Waals surface area contributed by atoms with Crippen LogP contribution < -0.4 is 5.46 Å². The molecule has 1 rings (SSSR count). The van der Waals surface area contributed by atoms with Gasteiger partial charge in [0.15, 0.2) is 11.6 Å². The van der Waals surface area contributed by atoms with Gasteiger partial charge in [0.05, 0.1) is 6.67 Å². The molecule has 76 valence electrons. The molecule has 0 aromatic heterocycles. The van der Waals surface area contributed by atoms with E-state index in [9.17, 15) is 13.2 Å². The standard InChI is InChI=1S/C8H8BF3O2/c10-2-1-5-3-7(11)8(12)4-6(5)9(13)14/h3-4,13-14H,1-2H2. The number of alkyl halides is 1. The Morgan fingerprint density at radius 3 is 2.21 bits per heavy atom. The second-order valence-corrected chi connectivity index (χ2v) is 2.78. The zero-order valence-electron chi connectivity index (χ0n) is 7.17. The van der Waals surface area contributed by atoms with Gasteiger partial charge in [0.2, 0.25) is 0 Å². The number of hydrogen-bond acceptors (Lipinski definition) is 2. The molecule has 0 amide bonds. The van der Waals surface area contributed by atoms with Crippen LogP contribution in [0.3, 0.4) is 0 Å². The summed E-state index contributed by atoms with van der Waals surface area (Å²) in [4.78, 5) is 0. The van der Waals surface area contributed by atoms with Crippen LogP contribution in [0.4, 0.5) is 13.2 Å². The molecule has 1 aromatic rings. The first kappa shape index (κ1) is 11.1. The lowest BCUT2D eigenvalue weighted by Crippen LogP contribution is -2.34. The number of benzene rings is 1. The largest absolute Gasteiger partial charge is 0.488 e. The third kappa shape index (κ3) is 2.27. The Morgan fingerprint density at radius 1 is 1.14 bits per heavy atom. The van der Waals surface area contributed by atoms with Gasteiger partial charge in [0.1, 0.15) is 0 Å². The van der Waals surface area contributed by atoms with Crippen molar-refractivity contribution in [2.24, 2.45) is 0 Å². The molecule has 0 bridgehead atoms. The number of rotatable bonds is 3. The minimum atomic E-state index is -1.92. The van der Waals surface area contributed by atoms with Gasteiger partial charge in [-0.15, -0.1) is 0 Å². The molecular weight excluding hydrogens is 196 g/mol. The summed E-state index contributed by atoms with van der Waals surface area (Å²) in [6, 6.07) is 1.43. The molecule has 14 heavy (non-hydrogen) atoms. The van der Waals surface area contributed by atoms with E-state index in [-0.39, 0.29) is 17.4 Å². The highest BCUT2D eigenvalue weighted by atomic mass is 19.2. The van der Waals surface area contributed by atoms with E-state index in [2.05, 4.69) is 0 Å². The van der Waals surface area contributed by atoms with Gasteiger partial charge < -0.3 is 10.0 Å². The highest BCUT2D eigenvalue weighted by molar-refractivity contribution is 6.59. The van der Waals surface area contributed by atoms with Crippen molar-refractivity contribution in [3.05, 3.63) is 29.3 Å². The van der Waals surface area contributed by atoms with E-state index in [0.29, 0.717) is 6.07 Å². The van der Waals surface area contributed by atoms with Gasteiger partial charge >= 0.3 is 7.12 Å². The summed E-state index contributed by atoms with van der Waals surface area (Å²) in [5.41, 5.74) is -0.150. The van der Waals surface area contributed by atoms with Crippen LogP contribution in [0.15, 0.2) is 12.1 Å². The van der Waals surface area contributed by atoms with Crippen molar-refractivity contribution < 1.29 is 23.2 Å². The first-order chi connectivity index (χ1) is 6.56. The van der Waals surface area contributed by atoms with Crippen molar-refractivity contribution in [1.82, 2.24) is 0 Å². The molecule has 1 aromatic carbocycles. The summed E-state index contributed by atoms with van der Waals surface area (Å²) >= 11 is 0. The normalized spacial score (nSPS) is 10.4. The van der Waals surface area contributed by atoms with Crippen LogP contribution in [0, 0.1) is 11.6 Å². The van der Waals surface area contributed by atoms with Crippen LogP contribution >= 0.6 is 0 Å². The Morgan fingerprint density at radius 2 is 1.71 bits per heavy atom. The zero-order chi connectivity index (χ0) is 10.7. The van der Waals surface area contributed by atoms with E-state index in [0.717, 1.165) is 6.07 Å². The topological polar surface area (TPSA) is 40.5 Å². The summed E-state index contributed by atoms with van der Waals surface area (Å²) in [6.45, 7) is -0.773. The molecule has 6 heteroatoms. The fourth-order valence-electron chi connectivity index (χ4n) is 1.16. The van der Waals surface area contributed by atoms with Gasteiger partial charge in [-0.05, 0) is 23.2 Å². The third-order valence-electron chi connectivity index (χ3n) is 1.82. The Bertz CT molecular complexity index is 331. The van der Waals surface area contributed by atoms with Crippen LogP contribution in [0.5, 0.6) is 0 Å². The van der Waals surface area contributed by atoms with E-state index in [1.807, 2.05) is 0 Å². The first-order valence-electron chi connectivity index (χ1n) is 3.96. The summed E-state index contributed by atoms with van der Waals surface area (Å²) < 4.78 is 37.3. The lowest BCUT2D eigenvalue weighted by molar-refractivity contribution is 0.423. The van der Waals surface area contributed by atoms with E-state index in [1.54, 1.807) is 0 Å². The summed E-state index contributed by atoms with van der Waals surface area (Å²) in [6.07, 6.45) is -0.176. The van der Waals surface area contributed by atoms with Crippen LogP contribution in [-0.4, -0.2) is 23.8 Å². The number of halogens is 3. The molecule has 0 saturated carbocycles. The fourth-order valence-corrected chi connectivity index (χ4v) is 1.16. The molecule has 2 N–H and O–H groups in total. The maximum Gasteiger partial charge on any atom is 0.488 e. The fraction of sp³-hybridized carbons (Fsp3) is 0.250. The van der Waals surface area contributed by atoms with Crippen molar-refractivity contribution in [3.8, 4) is 0 Å². The maximum atomic E-state index is 12.7. The SMILES string of the molecule is OB(O)c1cc(F)c(F)cc1CCF. The van der Waals surface area contributed by atoms with Crippen molar-refractivity contribution in [2.75, 3.05) is 6.67 Å². The molecule has 0 heterocycles. The quantitative estimate of drug-likeness (QED) is 0.688. The van der Waals surface area contributed by atoms with Crippen molar-refractivity contribution >= 4 is 12.6 Å². The molecule has 2 nitrogen and oxygen atoms in total. The lowest BCUT2D eigenvalue weighted by atomic mass is 9.76. The van der Waals surface area contributed by atoms with Crippen molar-refractivity contribution in [3.63, 3.8) is 0 Å². The van der Waals surface area contributed by atoms with Gasteiger partial charge in [0.25, 0.3) is 0 Å². The van der Waals surface area contributed by atoms with E-state index in [4.69, 9.17) is 10.0 Å². The summed E-state index contributed by atoms with van der Waals surface area (Å²) in [5, 5.41) is 17.6. The molecule has 0 radical (unpaired) electrons. The smallest absolute Gasteiger partial charge is 0.423 e. The minimum absolute atomic E-state index is 0.0569. The predicted octanol–water partition coefficient (Wildman–Crippen LogP) is 0.157. The average molecular weight is 204 g/mol. The number of aryl methyl sites for hydroxylation is 1. The minimum Gasteiger partial charge on any atom is -0.423 e. The predicted molar refractivity (Wildman–Crippen MR) is 45.9 cm³/mol. The second kappa shape index (κ2) is 4.48. The molecule has 0 aliphatic rings. The average Bonchev–Trinajstić information content (AvgIpc) is 2.11. The molecule has 0 spiro atoms. The van der Waals surface area contributed by atoms with E-state index in [1.165, 1.54) is 0 Å². The van der Waals surface area contributed by atoms with Crippen LogP contribution in [0.2, 0.25) is 0 Å². The lowest BCUT2D eigenvalue weighted by Gasteiger charge is -2.07. The monoisotopic (exact) mass is 204 g/mol. The molecule has 0 aliphatic carbocycles.